The number of hydrogen-bond donors (Lipinski definition) is 0. The third kappa shape index (κ3) is 2.88. The van der Waals surface area contributed by atoms with Crippen LogP contribution >= 0.6 is 27.3 Å². The standard InChI is InChI=1S/C13H11BrN4OS/c1-18(8-9-5-6-11(14)19-9)13-17-16-12(20-13)10-4-2-3-7-15-10/h2-7H,8H2,1H3. The van der Waals surface area contributed by atoms with Gasteiger partial charge in [0.2, 0.25) is 5.13 Å². The molecular weight excluding hydrogens is 340 g/mol. The Morgan fingerprint density at radius 3 is 2.85 bits per heavy atom. The number of aromatic nitrogens is 3. The molecule has 0 fully saturated rings. The molecule has 0 saturated heterocycles. The van der Waals surface area contributed by atoms with E-state index in [2.05, 4.69) is 31.1 Å². The highest BCUT2D eigenvalue weighted by Crippen LogP contribution is 2.27. The number of furan rings is 1. The van der Waals surface area contributed by atoms with E-state index < -0.39 is 0 Å². The van der Waals surface area contributed by atoms with Gasteiger partial charge in [0.15, 0.2) is 9.68 Å². The van der Waals surface area contributed by atoms with Gasteiger partial charge in [-0.1, -0.05) is 17.4 Å². The highest BCUT2D eigenvalue weighted by molar-refractivity contribution is 9.10. The lowest BCUT2D eigenvalue weighted by Gasteiger charge is -2.12. The summed E-state index contributed by atoms with van der Waals surface area (Å²) in [6.45, 7) is 0.641. The Morgan fingerprint density at radius 2 is 2.15 bits per heavy atom. The minimum absolute atomic E-state index is 0.641. The van der Waals surface area contributed by atoms with E-state index in [1.807, 2.05) is 42.3 Å². The fourth-order valence-corrected chi connectivity index (χ4v) is 2.82. The van der Waals surface area contributed by atoms with Gasteiger partial charge < -0.3 is 9.32 Å². The first-order chi connectivity index (χ1) is 9.72. The zero-order valence-electron chi connectivity index (χ0n) is 10.7. The molecule has 0 atom stereocenters. The second-order valence-electron chi connectivity index (χ2n) is 4.17. The Morgan fingerprint density at radius 1 is 1.25 bits per heavy atom. The third-order valence-electron chi connectivity index (χ3n) is 2.65. The minimum atomic E-state index is 0.641. The molecule has 0 aliphatic carbocycles. The molecule has 102 valence electrons. The average molecular weight is 351 g/mol. The summed E-state index contributed by atoms with van der Waals surface area (Å²) in [5.74, 6) is 0.869. The number of nitrogens with zero attached hydrogens (tertiary/aromatic N) is 4. The van der Waals surface area contributed by atoms with Gasteiger partial charge in [-0.3, -0.25) is 4.98 Å². The molecule has 0 saturated carbocycles. The first-order valence-electron chi connectivity index (χ1n) is 5.92. The zero-order chi connectivity index (χ0) is 13.9. The summed E-state index contributed by atoms with van der Waals surface area (Å²) >= 11 is 4.80. The largest absolute Gasteiger partial charge is 0.452 e. The normalized spacial score (nSPS) is 10.7. The molecule has 0 radical (unpaired) electrons. The second kappa shape index (κ2) is 5.72. The number of anilines is 1. The quantitative estimate of drug-likeness (QED) is 0.719. The van der Waals surface area contributed by atoms with Gasteiger partial charge in [-0.15, -0.1) is 10.2 Å². The van der Waals surface area contributed by atoms with Crippen LogP contribution in [-0.4, -0.2) is 22.2 Å². The van der Waals surface area contributed by atoms with Crippen LogP contribution in [0.4, 0.5) is 5.13 Å². The molecule has 0 bridgehead atoms. The van der Waals surface area contributed by atoms with Crippen molar-refractivity contribution in [1.82, 2.24) is 15.2 Å². The Labute approximate surface area is 128 Å². The molecule has 0 aromatic carbocycles. The SMILES string of the molecule is CN(Cc1ccc(Br)o1)c1nnc(-c2ccccn2)s1. The molecule has 20 heavy (non-hydrogen) atoms. The first kappa shape index (κ1) is 13.3. The highest BCUT2D eigenvalue weighted by Gasteiger charge is 2.12. The van der Waals surface area contributed by atoms with Crippen LogP contribution in [0.15, 0.2) is 45.6 Å². The first-order valence-corrected chi connectivity index (χ1v) is 7.53. The lowest BCUT2D eigenvalue weighted by molar-refractivity contribution is 0.486. The Balaban J connectivity index is 1.76. The summed E-state index contributed by atoms with van der Waals surface area (Å²) in [7, 11) is 1.96. The molecule has 7 heteroatoms. The Kier molecular flexibility index (Phi) is 3.79. The van der Waals surface area contributed by atoms with Crippen molar-refractivity contribution in [3.05, 3.63) is 47.0 Å². The van der Waals surface area contributed by atoms with Gasteiger partial charge in [0.1, 0.15) is 11.5 Å². The molecule has 3 aromatic heterocycles. The molecule has 3 heterocycles. The molecular formula is C13H11BrN4OS. The second-order valence-corrected chi connectivity index (χ2v) is 5.90. The third-order valence-corrected chi connectivity index (χ3v) is 4.13. The summed E-state index contributed by atoms with van der Waals surface area (Å²) < 4.78 is 6.22. The van der Waals surface area contributed by atoms with E-state index in [0.717, 1.165) is 26.3 Å². The molecule has 0 amide bonds. The predicted octanol–water partition coefficient (Wildman–Crippen LogP) is 3.59. The minimum Gasteiger partial charge on any atom is -0.452 e. The summed E-state index contributed by atoms with van der Waals surface area (Å²) in [6, 6.07) is 9.55. The number of halogens is 1. The van der Waals surface area contributed by atoms with Gasteiger partial charge in [0.25, 0.3) is 0 Å². The maximum Gasteiger partial charge on any atom is 0.208 e. The molecule has 3 rings (SSSR count). The maximum absolute atomic E-state index is 5.49. The van der Waals surface area contributed by atoms with E-state index in [4.69, 9.17) is 4.42 Å². The topological polar surface area (TPSA) is 55.1 Å². The number of hydrogen-bond acceptors (Lipinski definition) is 6. The summed E-state index contributed by atoms with van der Waals surface area (Å²) in [4.78, 5) is 6.27. The fraction of sp³-hybridized carbons (Fsp3) is 0.154. The van der Waals surface area contributed by atoms with Crippen molar-refractivity contribution in [3.63, 3.8) is 0 Å². The van der Waals surface area contributed by atoms with Crippen LogP contribution in [0.1, 0.15) is 5.76 Å². The summed E-state index contributed by atoms with van der Waals surface area (Å²) in [5, 5.41) is 10.0. The fourth-order valence-electron chi connectivity index (χ4n) is 1.70. The van der Waals surface area contributed by atoms with Crippen molar-refractivity contribution in [3.8, 4) is 10.7 Å². The van der Waals surface area contributed by atoms with Crippen LogP contribution in [0, 0.1) is 0 Å². The number of pyridine rings is 1. The average Bonchev–Trinajstić information content (AvgIpc) is 3.09. The van der Waals surface area contributed by atoms with Crippen molar-refractivity contribution in [2.24, 2.45) is 0 Å². The van der Waals surface area contributed by atoms with Gasteiger partial charge in [-0.2, -0.15) is 0 Å². The van der Waals surface area contributed by atoms with Gasteiger partial charge in [0, 0.05) is 13.2 Å². The van der Waals surface area contributed by atoms with Crippen LogP contribution in [-0.2, 0) is 6.54 Å². The van der Waals surface area contributed by atoms with E-state index in [0.29, 0.717) is 6.54 Å². The van der Waals surface area contributed by atoms with E-state index in [1.165, 1.54) is 11.3 Å². The molecule has 0 aliphatic heterocycles. The van der Waals surface area contributed by atoms with E-state index in [1.54, 1.807) is 6.20 Å². The van der Waals surface area contributed by atoms with Gasteiger partial charge >= 0.3 is 0 Å². The highest BCUT2D eigenvalue weighted by atomic mass is 79.9. The van der Waals surface area contributed by atoms with Gasteiger partial charge in [-0.25, -0.2) is 0 Å². The van der Waals surface area contributed by atoms with Crippen LogP contribution in [0.2, 0.25) is 0 Å². The molecule has 0 N–H and O–H groups in total. The van der Waals surface area contributed by atoms with Crippen molar-refractivity contribution >= 4 is 32.4 Å². The van der Waals surface area contributed by atoms with Crippen LogP contribution < -0.4 is 4.90 Å². The summed E-state index contributed by atoms with van der Waals surface area (Å²) in [5.41, 5.74) is 0.838. The van der Waals surface area contributed by atoms with Gasteiger partial charge in [-0.05, 0) is 40.2 Å². The lowest BCUT2D eigenvalue weighted by atomic mass is 10.4. The predicted molar refractivity (Wildman–Crippen MR) is 81.7 cm³/mol. The van der Waals surface area contributed by atoms with E-state index in [9.17, 15) is 0 Å². The van der Waals surface area contributed by atoms with Gasteiger partial charge in [0.05, 0.1) is 6.54 Å². The maximum atomic E-state index is 5.49. The molecule has 0 unspecified atom stereocenters. The Bertz CT molecular complexity index is 697. The van der Waals surface area contributed by atoms with Crippen molar-refractivity contribution in [2.45, 2.75) is 6.54 Å². The van der Waals surface area contributed by atoms with Crippen LogP contribution in [0.3, 0.4) is 0 Å². The van der Waals surface area contributed by atoms with Crippen LogP contribution in [0.5, 0.6) is 0 Å². The molecule has 0 spiro atoms. The van der Waals surface area contributed by atoms with Crippen molar-refractivity contribution < 1.29 is 4.42 Å². The monoisotopic (exact) mass is 350 g/mol. The molecule has 0 aliphatic rings. The molecule has 5 nitrogen and oxygen atoms in total. The van der Waals surface area contributed by atoms with Crippen molar-refractivity contribution in [1.29, 1.82) is 0 Å². The number of rotatable bonds is 4. The molecule has 3 aromatic rings. The summed E-state index contributed by atoms with van der Waals surface area (Å²) in [6.07, 6.45) is 1.75. The smallest absolute Gasteiger partial charge is 0.208 e. The van der Waals surface area contributed by atoms with Crippen molar-refractivity contribution in [2.75, 3.05) is 11.9 Å². The van der Waals surface area contributed by atoms with E-state index >= 15 is 0 Å². The van der Waals surface area contributed by atoms with E-state index in [-0.39, 0.29) is 0 Å². The zero-order valence-corrected chi connectivity index (χ0v) is 13.1. The van der Waals surface area contributed by atoms with Crippen LogP contribution in [0.25, 0.3) is 10.7 Å². The Hall–Kier alpha value is -1.73. The lowest BCUT2D eigenvalue weighted by Crippen LogP contribution is -2.15.